The van der Waals surface area contributed by atoms with E-state index in [1.54, 1.807) is 12.1 Å². The molecule has 1 aromatic heterocycles. The number of benzene rings is 2. The van der Waals surface area contributed by atoms with E-state index in [1.807, 2.05) is 24.3 Å². The maximum absolute atomic E-state index is 13.4. The summed E-state index contributed by atoms with van der Waals surface area (Å²) in [6.45, 7) is 1.75. The molecule has 2 atom stereocenters. The first-order valence-electron chi connectivity index (χ1n) is 9.55. The van der Waals surface area contributed by atoms with Crippen LogP contribution in [0.4, 0.5) is 4.39 Å². The fourth-order valence-electron chi connectivity index (χ4n) is 4.13. The van der Waals surface area contributed by atoms with Gasteiger partial charge in [0.15, 0.2) is 0 Å². The number of primary amides is 1. The van der Waals surface area contributed by atoms with Gasteiger partial charge in [-0.2, -0.15) is 0 Å². The van der Waals surface area contributed by atoms with Crippen molar-refractivity contribution in [3.8, 4) is 11.3 Å². The third-order valence-corrected chi connectivity index (χ3v) is 5.55. The van der Waals surface area contributed by atoms with Crippen LogP contribution in [0.3, 0.4) is 0 Å². The summed E-state index contributed by atoms with van der Waals surface area (Å²) in [4.78, 5) is 29.2. The SMILES string of the molecule is NC(=O)[C@@H]1CCC[NH+](CC(=O)c2c(-c3ccc(F)cc3)[nH]c3ccccc23)C1. The van der Waals surface area contributed by atoms with Crippen molar-refractivity contribution in [3.05, 3.63) is 59.9 Å². The Balaban J connectivity index is 1.68. The van der Waals surface area contributed by atoms with Crippen molar-refractivity contribution in [2.24, 2.45) is 11.7 Å². The van der Waals surface area contributed by atoms with Gasteiger partial charge in [0.2, 0.25) is 11.7 Å². The van der Waals surface area contributed by atoms with E-state index in [0.29, 0.717) is 24.3 Å². The number of likely N-dealkylation sites (tertiary alicyclic amines) is 1. The van der Waals surface area contributed by atoms with Crippen molar-refractivity contribution in [2.45, 2.75) is 12.8 Å². The maximum atomic E-state index is 13.4. The average molecular weight is 380 g/mol. The molecule has 0 bridgehead atoms. The molecule has 2 heterocycles. The minimum absolute atomic E-state index is 0.0110. The lowest BCUT2D eigenvalue weighted by Gasteiger charge is -2.27. The van der Waals surface area contributed by atoms with Crippen molar-refractivity contribution in [2.75, 3.05) is 19.6 Å². The number of aromatic nitrogens is 1. The number of H-pyrrole nitrogens is 1. The number of aromatic amines is 1. The molecule has 1 aliphatic rings. The molecule has 4 rings (SSSR count). The second-order valence-corrected chi connectivity index (χ2v) is 7.47. The number of amides is 1. The highest BCUT2D eigenvalue weighted by Gasteiger charge is 2.30. The lowest BCUT2D eigenvalue weighted by atomic mass is 9.96. The number of halogens is 1. The second kappa shape index (κ2) is 7.56. The van der Waals surface area contributed by atoms with Crippen LogP contribution in [0.2, 0.25) is 0 Å². The number of hydrogen-bond donors (Lipinski definition) is 3. The quantitative estimate of drug-likeness (QED) is 0.592. The predicted molar refractivity (Wildman–Crippen MR) is 106 cm³/mol. The third-order valence-electron chi connectivity index (χ3n) is 5.55. The molecule has 1 fully saturated rings. The molecule has 28 heavy (non-hydrogen) atoms. The zero-order valence-electron chi connectivity index (χ0n) is 15.5. The van der Waals surface area contributed by atoms with Gasteiger partial charge in [-0.15, -0.1) is 0 Å². The van der Waals surface area contributed by atoms with Gasteiger partial charge in [-0.1, -0.05) is 18.2 Å². The van der Waals surface area contributed by atoms with Crippen LogP contribution < -0.4 is 10.6 Å². The van der Waals surface area contributed by atoms with E-state index in [2.05, 4.69) is 4.98 Å². The van der Waals surface area contributed by atoms with E-state index in [-0.39, 0.29) is 23.4 Å². The van der Waals surface area contributed by atoms with Crippen molar-refractivity contribution in [1.82, 2.24) is 4.98 Å². The molecule has 3 aromatic rings. The second-order valence-electron chi connectivity index (χ2n) is 7.47. The molecule has 0 radical (unpaired) electrons. The Morgan fingerprint density at radius 3 is 2.64 bits per heavy atom. The molecule has 2 aromatic carbocycles. The summed E-state index contributed by atoms with van der Waals surface area (Å²) in [5.41, 5.74) is 8.43. The highest BCUT2D eigenvalue weighted by Crippen LogP contribution is 2.30. The topological polar surface area (TPSA) is 80.4 Å². The van der Waals surface area contributed by atoms with Crippen LogP contribution in [0.25, 0.3) is 22.2 Å². The Labute approximate surface area is 162 Å². The largest absolute Gasteiger partial charge is 0.369 e. The summed E-state index contributed by atoms with van der Waals surface area (Å²) in [7, 11) is 0. The van der Waals surface area contributed by atoms with Crippen molar-refractivity contribution in [3.63, 3.8) is 0 Å². The number of ketones is 1. The number of para-hydroxylation sites is 1. The number of nitrogens with one attached hydrogen (secondary N) is 2. The van der Waals surface area contributed by atoms with Crippen LogP contribution in [-0.2, 0) is 4.79 Å². The molecule has 4 N–H and O–H groups in total. The van der Waals surface area contributed by atoms with Gasteiger partial charge in [-0.05, 0) is 48.7 Å². The Hall–Kier alpha value is -2.99. The molecule has 1 saturated heterocycles. The number of Topliss-reactive ketones (excluding diaryl/α,β-unsaturated/α-hetero) is 1. The molecule has 0 saturated carbocycles. The lowest BCUT2D eigenvalue weighted by Crippen LogP contribution is -3.14. The number of piperidine rings is 1. The number of hydrogen-bond acceptors (Lipinski definition) is 2. The molecule has 0 aliphatic carbocycles. The van der Waals surface area contributed by atoms with Gasteiger partial charge >= 0.3 is 0 Å². The molecule has 1 aliphatic heterocycles. The smallest absolute Gasteiger partial charge is 0.226 e. The summed E-state index contributed by atoms with van der Waals surface area (Å²) in [6, 6.07) is 13.8. The number of quaternary nitrogens is 1. The lowest BCUT2D eigenvalue weighted by molar-refractivity contribution is -0.898. The van der Waals surface area contributed by atoms with Crippen molar-refractivity contribution < 1.29 is 18.9 Å². The van der Waals surface area contributed by atoms with Gasteiger partial charge in [0, 0.05) is 10.9 Å². The molecule has 1 unspecified atom stereocenters. The van der Waals surface area contributed by atoms with Crippen LogP contribution in [0.1, 0.15) is 23.2 Å². The molecule has 0 spiro atoms. The van der Waals surface area contributed by atoms with Crippen LogP contribution in [-0.4, -0.2) is 36.3 Å². The highest BCUT2D eigenvalue weighted by molar-refractivity contribution is 6.13. The Morgan fingerprint density at radius 1 is 1.14 bits per heavy atom. The van der Waals surface area contributed by atoms with Gasteiger partial charge in [0.05, 0.1) is 30.3 Å². The zero-order chi connectivity index (χ0) is 19.7. The first-order valence-corrected chi connectivity index (χ1v) is 9.55. The monoisotopic (exact) mass is 380 g/mol. The maximum Gasteiger partial charge on any atom is 0.226 e. The summed E-state index contributed by atoms with van der Waals surface area (Å²) in [6.07, 6.45) is 1.68. The Bertz CT molecular complexity index is 1030. The molecular formula is C22H23FN3O2+. The Kier molecular flexibility index (Phi) is 4.96. The first-order chi connectivity index (χ1) is 13.5. The normalized spacial score (nSPS) is 19.6. The summed E-state index contributed by atoms with van der Waals surface area (Å²) < 4.78 is 13.4. The fraction of sp³-hybridized carbons (Fsp3) is 0.273. The van der Waals surface area contributed by atoms with Crippen LogP contribution in [0.5, 0.6) is 0 Å². The van der Waals surface area contributed by atoms with Crippen LogP contribution in [0, 0.1) is 11.7 Å². The molecule has 6 heteroatoms. The fourth-order valence-corrected chi connectivity index (χ4v) is 4.13. The van der Waals surface area contributed by atoms with Crippen molar-refractivity contribution >= 4 is 22.6 Å². The summed E-state index contributed by atoms with van der Waals surface area (Å²) in [5.74, 6) is -0.764. The molecular weight excluding hydrogens is 357 g/mol. The van der Waals surface area contributed by atoms with Gasteiger partial charge in [-0.25, -0.2) is 4.39 Å². The number of carbonyl (C=O) groups excluding carboxylic acids is 2. The van der Waals surface area contributed by atoms with E-state index in [0.717, 1.165) is 40.8 Å². The standard InChI is InChI=1S/C22H22FN3O2/c23-16-9-7-14(8-10-16)21-20(17-5-1-2-6-18(17)25-21)19(27)13-26-11-3-4-15(12-26)22(24)28/h1-2,5-10,15,25H,3-4,11-13H2,(H2,24,28)/p+1/t15-/m1/s1. The van der Waals surface area contributed by atoms with E-state index in [4.69, 9.17) is 5.73 Å². The minimum Gasteiger partial charge on any atom is -0.369 e. The Morgan fingerprint density at radius 2 is 1.89 bits per heavy atom. The minimum atomic E-state index is -0.317. The van der Waals surface area contributed by atoms with Gasteiger partial charge in [0.1, 0.15) is 12.4 Å². The van der Waals surface area contributed by atoms with E-state index in [1.165, 1.54) is 12.1 Å². The number of rotatable bonds is 5. The summed E-state index contributed by atoms with van der Waals surface area (Å²) >= 11 is 0. The number of nitrogens with two attached hydrogens (primary N) is 1. The van der Waals surface area contributed by atoms with Gasteiger partial charge in [-0.3, -0.25) is 9.59 Å². The first kappa shape index (κ1) is 18.4. The third kappa shape index (κ3) is 3.55. The number of fused-ring (bicyclic) bond motifs is 1. The molecule has 5 nitrogen and oxygen atoms in total. The highest BCUT2D eigenvalue weighted by atomic mass is 19.1. The number of carbonyl (C=O) groups is 2. The van der Waals surface area contributed by atoms with Crippen LogP contribution in [0.15, 0.2) is 48.5 Å². The van der Waals surface area contributed by atoms with E-state index in [9.17, 15) is 14.0 Å². The average Bonchev–Trinajstić information content (AvgIpc) is 3.08. The zero-order valence-corrected chi connectivity index (χ0v) is 15.5. The molecule has 144 valence electrons. The van der Waals surface area contributed by atoms with Gasteiger partial charge < -0.3 is 15.6 Å². The predicted octanol–water partition coefficient (Wildman–Crippen LogP) is 1.94. The summed E-state index contributed by atoms with van der Waals surface area (Å²) in [5, 5.41) is 0.856. The van der Waals surface area contributed by atoms with Crippen LogP contribution >= 0.6 is 0 Å². The van der Waals surface area contributed by atoms with E-state index >= 15 is 0 Å². The van der Waals surface area contributed by atoms with Crippen molar-refractivity contribution in [1.29, 1.82) is 0 Å². The van der Waals surface area contributed by atoms with Gasteiger partial charge in [0.25, 0.3) is 0 Å². The molecule has 1 amide bonds. The van der Waals surface area contributed by atoms with E-state index < -0.39 is 0 Å².